The maximum atomic E-state index is 12.3. The van der Waals surface area contributed by atoms with Crippen LogP contribution in [0.4, 0.5) is 11.4 Å². The third-order valence-electron chi connectivity index (χ3n) is 3.90. The van der Waals surface area contributed by atoms with Gasteiger partial charge in [0.05, 0.1) is 5.69 Å². The molecule has 0 radical (unpaired) electrons. The van der Waals surface area contributed by atoms with Crippen molar-refractivity contribution >= 4 is 38.2 Å². The van der Waals surface area contributed by atoms with Gasteiger partial charge in [-0.3, -0.25) is 4.79 Å². The molecule has 0 saturated heterocycles. The predicted octanol–water partition coefficient (Wildman–Crippen LogP) is 5.03. The summed E-state index contributed by atoms with van der Waals surface area (Å²) in [6, 6.07) is 17.7. The van der Waals surface area contributed by atoms with Gasteiger partial charge in [-0.05, 0) is 42.0 Å². The number of aromatic nitrogens is 2. The monoisotopic (exact) mass is 379 g/mol. The summed E-state index contributed by atoms with van der Waals surface area (Å²) in [5.41, 5.74) is 4.23. The highest BCUT2D eigenvalue weighted by Crippen LogP contribution is 2.28. The van der Waals surface area contributed by atoms with Crippen LogP contribution in [0.25, 0.3) is 22.0 Å². The average Bonchev–Trinajstić information content (AvgIpc) is 3.05. The highest BCUT2D eigenvalue weighted by molar-refractivity contribution is 9.10. The third kappa shape index (κ3) is 2.74. The van der Waals surface area contributed by atoms with Crippen molar-refractivity contribution in [2.45, 2.75) is 0 Å². The Bertz CT molecular complexity index is 1080. The third-order valence-corrected chi connectivity index (χ3v) is 4.39. The van der Waals surface area contributed by atoms with Crippen molar-refractivity contribution in [2.75, 3.05) is 5.32 Å². The zero-order valence-electron chi connectivity index (χ0n) is 12.6. The SMILES string of the molecule is O=c1[nH]cc(Nc2cccc(Br)c2)cc1-c1cccc2[nH]ccc12. The number of nitrogens with one attached hydrogen (secondary N) is 3. The minimum absolute atomic E-state index is 0.108. The van der Waals surface area contributed by atoms with Crippen molar-refractivity contribution in [3.8, 4) is 11.1 Å². The van der Waals surface area contributed by atoms with E-state index >= 15 is 0 Å². The number of halogens is 1. The van der Waals surface area contributed by atoms with Crippen LogP contribution in [0.3, 0.4) is 0 Å². The van der Waals surface area contributed by atoms with Crippen LogP contribution in [0.1, 0.15) is 0 Å². The molecule has 0 fully saturated rings. The summed E-state index contributed by atoms with van der Waals surface area (Å²) in [4.78, 5) is 18.3. The quantitative estimate of drug-likeness (QED) is 0.467. The molecule has 0 amide bonds. The molecule has 0 unspecified atom stereocenters. The summed E-state index contributed by atoms with van der Waals surface area (Å²) in [5.74, 6) is 0. The van der Waals surface area contributed by atoms with Gasteiger partial charge in [0.1, 0.15) is 0 Å². The molecule has 5 heteroatoms. The molecule has 118 valence electrons. The number of hydrogen-bond acceptors (Lipinski definition) is 2. The lowest BCUT2D eigenvalue weighted by Crippen LogP contribution is -2.09. The molecular weight excluding hydrogens is 366 g/mol. The van der Waals surface area contributed by atoms with E-state index in [1.165, 1.54) is 0 Å². The van der Waals surface area contributed by atoms with E-state index in [0.717, 1.165) is 32.3 Å². The van der Waals surface area contributed by atoms with Gasteiger partial charge in [0.25, 0.3) is 5.56 Å². The molecule has 4 nitrogen and oxygen atoms in total. The normalized spacial score (nSPS) is 10.9. The first kappa shape index (κ1) is 14.8. The molecule has 4 rings (SSSR count). The standard InChI is InChI=1S/C19H14BrN3O/c20-12-3-1-4-13(9-12)23-14-10-17(19(24)22-11-14)15-5-2-6-18-16(15)7-8-21-18/h1-11,21,23H,(H,22,24). The number of H-pyrrole nitrogens is 2. The molecule has 0 atom stereocenters. The highest BCUT2D eigenvalue weighted by atomic mass is 79.9. The highest BCUT2D eigenvalue weighted by Gasteiger charge is 2.09. The maximum Gasteiger partial charge on any atom is 0.255 e. The zero-order chi connectivity index (χ0) is 16.5. The Morgan fingerprint density at radius 2 is 1.75 bits per heavy atom. The van der Waals surface area contributed by atoms with Gasteiger partial charge in [0.2, 0.25) is 0 Å². The van der Waals surface area contributed by atoms with Gasteiger partial charge in [0, 0.05) is 39.0 Å². The number of hydrogen-bond donors (Lipinski definition) is 3. The van der Waals surface area contributed by atoms with Crippen LogP contribution in [-0.4, -0.2) is 9.97 Å². The molecule has 2 aromatic carbocycles. The molecule has 0 aliphatic rings. The number of pyridine rings is 1. The Morgan fingerprint density at radius 1 is 0.875 bits per heavy atom. The molecule has 3 N–H and O–H groups in total. The summed E-state index contributed by atoms with van der Waals surface area (Å²) < 4.78 is 0.995. The number of aromatic amines is 2. The predicted molar refractivity (Wildman–Crippen MR) is 102 cm³/mol. The molecule has 0 bridgehead atoms. The second kappa shape index (κ2) is 6.02. The van der Waals surface area contributed by atoms with Crippen LogP contribution in [0.2, 0.25) is 0 Å². The Balaban J connectivity index is 1.79. The Labute approximate surface area is 146 Å². The zero-order valence-corrected chi connectivity index (χ0v) is 14.2. The van der Waals surface area contributed by atoms with Crippen molar-refractivity contribution in [3.05, 3.63) is 81.8 Å². The smallest absolute Gasteiger partial charge is 0.255 e. The van der Waals surface area contributed by atoms with Gasteiger partial charge >= 0.3 is 0 Å². The molecule has 0 aliphatic carbocycles. The van der Waals surface area contributed by atoms with Crippen molar-refractivity contribution in [3.63, 3.8) is 0 Å². The molecule has 4 aromatic rings. The van der Waals surface area contributed by atoms with E-state index in [4.69, 9.17) is 0 Å². The fourth-order valence-electron chi connectivity index (χ4n) is 2.81. The van der Waals surface area contributed by atoms with Crippen LogP contribution in [-0.2, 0) is 0 Å². The minimum atomic E-state index is -0.108. The molecular formula is C19H14BrN3O. The largest absolute Gasteiger partial charge is 0.361 e. The second-order valence-electron chi connectivity index (χ2n) is 5.51. The van der Waals surface area contributed by atoms with Crippen molar-refractivity contribution in [1.82, 2.24) is 9.97 Å². The Morgan fingerprint density at radius 3 is 2.62 bits per heavy atom. The molecule has 0 aliphatic heterocycles. The van der Waals surface area contributed by atoms with E-state index in [1.54, 1.807) is 6.20 Å². The molecule has 24 heavy (non-hydrogen) atoms. The average molecular weight is 380 g/mol. The first-order chi connectivity index (χ1) is 11.7. The van der Waals surface area contributed by atoms with Gasteiger partial charge in [-0.2, -0.15) is 0 Å². The number of rotatable bonds is 3. The minimum Gasteiger partial charge on any atom is -0.361 e. The lowest BCUT2D eigenvalue weighted by molar-refractivity contribution is 1.24. The first-order valence-corrected chi connectivity index (χ1v) is 8.32. The van der Waals surface area contributed by atoms with Gasteiger partial charge < -0.3 is 15.3 Å². The fourth-order valence-corrected chi connectivity index (χ4v) is 3.21. The molecule has 0 saturated carbocycles. The lowest BCUT2D eigenvalue weighted by Gasteiger charge is -2.09. The number of anilines is 2. The van der Waals surface area contributed by atoms with E-state index in [-0.39, 0.29) is 5.56 Å². The summed E-state index contributed by atoms with van der Waals surface area (Å²) in [6.07, 6.45) is 3.57. The van der Waals surface area contributed by atoms with E-state index in [9.17, 15) is 4.79 Å². The Kier molecular flexibility index (Phi) is 3.70. The summed E-state index contributed by atoms with van der Waals surface area (Å²) in [5, 5.41) is 4.35. The maximum absolute atomic E-state index is 12.3. The van der Waals surface area contributed by atoms with E-state index in [1.807, 2.05) is 60.8 Å². The lowest BCUT2D eigenvalue weighted by atomic mass is 10.0. The number of benzene rings is 2. The van der Waals surface area contributed by atoms with Crippen LogP contribution in [0, 0.1) is 0 Å². The van der Waals surface area contributed by atoms with Gasteiger partial charge in [-0.25, -0.2) is 0 Å². The topological polar surface area (TPSA) is 60.7 Å². The molecule has 2 heterocycles. The molecule has 2 aromatic heterocycles. The fraction of sp³-hybridized carbons (Fsp3) is 0. The van der Waals surface area contributed by atoms with Crippen molar-refractivity contribution < 1.29 is 0 Å². The molecule has 0 spiro atoms. The van der Waals surface area contributed by atoms with E-state index < -0.39 is 0 Å². The van der Waals surface area contributed by atoms with Crippen LogP contribution >= 0.6 is 15.9 Å². The summed E-state index contributed by atoms with van der Waals surface area (Å²) in [7, 11) is 0. The Hall–Kier alpha value is -2.79. The van der Waals surface area contributed by atoms with Crippen molar-refractivity contribution in [2.24, 2.45) is 0 Å². The number of fused-ring (bicyclic) bond motifs is 1. The van der Waals surface area contributed by atoms with Crippen LogP contribution in [0.15, 0.2) is 76.3 Å². The van der Waals surface area contributed by atoms with Gasteiger partial charge in [0.15, 0.2) is 0 Å². The van der Waals surface area contributed by atoms with Gasteiger partial charge in [-0.15, -0.1) is 0 Å². The second-order valence-corrected chi connectivity index (χ2v) is 6.43. The summed E-state index contributed by atoms with van der Waals surface area (Å²) >= 11 is 3.46. The summed E-state index contributed by atoms with van der Waals surface area (Å²) in [6.45, 7) is 0. The van der Waals surface area contributed by atoms with Crippen LogP contribution in [0.5, 0.6) is 0 Å². The first-order valence-electron chi connectivity index (χ1n) is 7.52. The van der Waals surface area contributed by atoms with E-state index in [0.29, 0.717) is 5.56 Å². The van der Waals surface area contributed by atoms with E-state index in [2.05, 4.69) is 31.2 Å². The van der Waals surface area contributed by atoms with Crippen molar-refractivity contribution in [1.29, 1.82) is 0 Å². The van der Waals surface area contributed by atoms with Crippen LogP contribution < -0.4 is 10.9 Å². The van der Waals surface area contributed by atoms with Gasteiger partial charge in [-0.1, -0.05) is 34.1 Å².